The molecule has 21 heavy (non-hydrogen) atoms. The first-order valence-electron chi connectivity index (χ1n) is 6.82. The Bertz CT molecular complexity index is 581. The lowest BCUT2D eigenvalue weighted by atomic mass is 9.94. The van der Waals surface area contributed by atoms with Crippen LogP contribution in [0.1, 0.15) is 55.1 Å². The van der Waals surface area contributed by atoms with E-state index < -0.39 is 17.5 Å². The number of ether oxygens (including phenoxy) is 1. The molecule has 1 unspecified atom stereocenters. The second-order valence-corrected chi connectivity index (χ2v) is 6.41. The third-order valence-electron chi connectivity index (χ3n) is 3.58. The van der Waals surface area contributed by atoms with Crippen LogP contribution in [0.3, 0.4) is 0 Å². The Morgan fingerprint density at radius 2 is 1.90 bits per heavy atom. The predicted molar refractivity (Wildman–Crippen MR) is 76.3 cm³/mol. The van der Waals surface area contributed by atoms with Gasteiger partial charge in [-0.2, -0.15) is 0 Å². The van der Waals surface area contributed by atoms with Gasteiger partial charge in [0.2, 0.25) is 0 Å². The minimum atomic E-state index is -1.16. The topological polar surface area (TPSA) is 88.5 Å². The molecule has 0 aromatic carbocycles. The zero-order chi connectivity index (χ0) is 15.8. The summed E-state index contributed by atoms with van der Waals surface area (Å²) in [6.07, 6.45) is 0.685. The lowest BCUT2D eigenvalue weighted by molar-refractivity contribution is -0.0693. The van der Waals surface area contributed by atoms with Gasteiger partial charge in [-0.05, 0) is 46.2 Å². The molecule has 1 aromatic heterocycles. The van der Waals surface area contributed by atoms with Gasteiger partial charge in [-0.15, -0.1) is 0 Å². The minimum absolute atomic E-state index is 0.0930. The number of rotatable bonds is 3. The Morgan fingerprint density at radius 1 is 1.29 bits per heavy atom. The van der Waals surface area contributed by atoms with Gasteiger partial charge < -0.3 is 15.2 Å². The lowest BCUT2D eigenvalue weighted by Crippen LogP contribution is -2.46. The van der Waals surface area contributed by atoms with E-state index in [0.29, 0.717) is 6.42 Å². The molecule has 0 saturated carbocycles. The highest BCUT2D eigenvalue weighted by atomic mass is 16.5. The Kier molecular flexibility index (Phi) is 3.76. The standard InChI is InChI=1S/C15H20N2O4/c1-14(2)8-11(15(3,4)21-14)17-12(18)9-6-5-7-10(16-9)13(19)20/h5-7,11H,8H2,1-4H3,(H,17,18)(H,19,20). The number of amides is 1. The summed E-state index contributed by atoms with van der Waals surface area (Å²) in [5.41, 5.74) is -0.846. The number of aromatic carboxylic acids is 1. The summed E-state index contributed by atoms with van der Waals surface area (Å²) in [5, 5.41) is 11.8. The fourth-order valence-corrected chi connectivity index (χ4v) is 2.70. The number of pyridine rings is 1. The molecule has 0 bridgehead atoms. The summed E-state index contributed by atoms with van der Waals surface area (Å²) < 4.78 is 5.92. The molecule has 2 heterocycles. The molecule has 114 valence electrons. The van der Waals surface area contributed by atoms with Crippen molar-refractivity contribution in [3.63, 3.8) is 0 Å². The zero-order valence-corrected chi connectivity index (χ0v) is 12.6. The molecular formula is C15H20N2O4. The fraction of sp³-hybridized carbons (Fsp3) is 0.533. The second-order valence-electron chi connectivity index (χ2n) is 6.41. The third-order valence-corrected chi connectivity index (χ3v) is 3.58. The minimum Gasteiger partial charge on any atom is -0.477 e. The number of aromatic nitrogens is 1. The molecule has 1 atom stereocenters. The highest BCUT2D eigenvalue weighted by Gasteiger charge is 2.46. The van der Waals surface area contributed by atoms with E-state index in [-0.39, 0.29) is 23.0 Å². The molecular weight excluding hydrogens is 272 g/mol. The van der Waals surface area contributed by atoms with Crippen molar-refractivity contribution in [1.29, 1.82) is 0 Å². The van der Waals surface area contributed by atoms with Crippen molar-refractivity contribution in [2.75, 3.05) is 0 Å². The average Bonchev–Trinajstić information content (AvgIpc) is 2.57. The lowest BCUT2D eigenvalue weighted by Gasteiger charge is -2.27. The molecule has 0 aliphatic carbocycles. The fourth-order valence-electron chi connectivity index (χ4n) is 2.70. The smallest absolute Gasteiger partial charge is 0.354 e. The first kappa shape index (κ1) is 15.4. The number of nitrogens with one attached hydrogen (secondary N) is 1. The summed E-state index contributed by atoms with van der Waals surface area (Å²) >= 11 is 0. The highest BCUT2D eigenvalue weighted by molar-refractivity contribution is 5.94. The third kappa shape index (κ3) is 3.39. The summed E-state index contributed by atoms with van der Waals surface area (Å²) in [4.78, 5) is 27.0. The van der Waals surface area contributed by atoms with Crippen molar-refractivity contribution < 1.29 is 19.4 Å². The highest BCUT2D eigenvalue weighted by Crippen LogP contribution is 2.37. The molecule has 2 N–H and O–H groups in total. The van der Waals surface area contributed by atoms with Gasteiger partial charge in [0.1, 0.15) is 11.4 Å². The molecule has 1 aromatic rings. The molecule has 0 spiro atoms. The molecule has 1 saturated heterocycles. The van der Waals surface area contributed by atoms with Crippen molar-refractivity contribution in [2.45, 2.75) is 51.4 Å². The van der Waals surface area contributed by atoms with Gasteiger partial charge in [-0.3, -0.25) is 4.79 Å². The number of hydrogen-bond acceptors (Lipinski definition) is 4. The maximum atomic E-state index is 12.3. The van der Waals surface area contributed by atoms with E-state index in [0.717, 1.165) is 0 Å². The van der Waals surface area contributed by atoms with Crippen LogP contribution in [0.5, 0.6) is 0 Å². The SMILES string of the molecule is CC1(C)CC(NC(=O)c2cccc(C(=O)O)n2)C(C)(C)O1. The second kappa shape index (κ2) is 5.11. The van der Waals surface area contributed by atoms with Crippen LogP contribution >= 0.6 is 0 Å². The largest absolute Gasteiger partial charge is 0.477 e. The van der Waals surface area contributed by atoms with E-state index in [1.807, 2.05) is 27.7 Å². The monoisotopic (exact) mass is 292 g/mol. The van der Waals surface area contributed by atoms with Crippen molar-refractivity contribution >= 4 is 11.9 Å². The maximum Gasteiger partial charge on any atom is 0.354 e. The van der Waals surface area contributed by atoms with E-state index >= 15 is 0 Å². The number of carbonyl (C=O) groups is 2. The van der Waals surface area contributed by atoms with Crippen molar-refractivity contribution in [2.24, 2.45) is 0 Å². The van der Waals surface area contributed by atoms with Crippen molar-refractivity contribution in [3.05, 3.63) is 29.6 Å². The molecule has 1 aliphatic heterocycles. The number of carboxylic acids is 1. The van der Waals surface area contributed by atoms with Crippen LogP contribution in [-0.4, -0.2) is 39.2 Å². The predicted octanol–water partition coefficient (Wildman–Crippen LogP) is 1.86. The molecule has 6 heteroatoms. The van der Waals surface area contributed by atoms with Gasteiger partial charge >= 0.3 is 5.97 Å². The normalized spacial score (nSPS) is 22.8. The Hall–Kier alpha value is -1.95. The van der Waals surface area contributed by atoms with Crippen LogP contribution < -0.4 is 5.32 Å². The summed E-state index contributed by atoms with van der Waals surface area (Å²) in [7, 11) is 0. The molecule has 0 radical (unpaired) electrons. The molecule has 1 fully saturated rings. The van der Waals surface area contributed by atoms with Crippen LogP contribution in [0.2, 0.25) is 0 Å². The van der Waals surface area contributed by atoms with Gasteiger partial charge in [-0.25, -0.2) is 9.78 Å². The van der Waals surface area contributed by atoms with Crippen LogP contribution in [0, 0.1) is 0 Å². The van der Waals surface area contributed by atoms with E-state index in [4.69, 9.17) is 9.84 Å². The molecule has 2 rings (SSSR count). The molecule has 1 amide bonds. The summed E-state index contributed by atoms with van der Waals surface area (Å²) in [5.74, 6) is -1.55. The van der Waals surface area contributed by atoms with Gasteiger partial charge in [-0.1, -0.05) is 6.07 Å². The van der Waals surface area contributed by atoms with Gasteiger partial charge in [0.25, 0.3) is 5.91 Å². The van der Waals surface area contributed by atoms with Crippen molar-refractivity contribution in [1.82, 2.24) is 10.3 Å². The molecule has 1 aliphatic rings. The summed E-state index contributed by atoms with van der Waals surface area (Å²) in [6.45, 7) is 7.80. The first-order valence-corrected chi connectivity index (χ1v) is 6.82. The molecule has 6 nitrogen and oxygen atoms in total. The maximum absolute atomic E-state index is 12.3. The first-order chi connectivity index (χ1) is 9.61. The van der Waals surface area contributed by atoms with Crippen LogP contribution in [0.15, 0.2) is 18.2 Å². The quantitative estimate of drug-likeness (QED) is 0.887. The van der Waals surface area contributed by atoms with Gasteiger partial charge in [0.05, 0.1) is 17.2 Å². The number of carboxylic acid groups (broad SMARTS) is 1. The number of carbonyl (C=O) groups excluding carboxylic acids is 1. The Morgan fingerprint density at radius 3 is 2.43 bits per heavy atom. The Labute approximate surface area is 123 Å². The van der Waals surface area contributed by atoms with E-state index in [2.05, 4.69) is 10.3 Å². The van der Waals surface area contributed by atoms with Crippen LogP contribution in [0.4, 0.5) is 0 Å². The van der Waals surface area contributed by atoms with Crippen LogP contribution in [0.25, 0.3) is 0 Å². The van der Waals surface area contributed by atoms with Gasteiger partial charge in [0.15, 0.2) is 0 Å². The summed E-state index contributed by atoms with van der Waals surface area (Å²) in [6, 6.07) is 4.20. The van der Waals surface area contributed by atoms with E-state index in [1.165, 1.54) is 18.2 Å². The number of nitrogens with zero attached hydrogens (tertiary/aromatic N) is 1. The van der Waals surface area contributed by atoms with Gasteiger partial charge in [0, 0.05) is 0 Å². The van der Waals surface area contributed by atoms with E-state index in [1.54, 1.807) is 0 Å². The number of hydrogen-bond donors (Lipinski definition) is 2. The Balaban J connectivity index is 2.15. The zero-order valence-electron chi connectivity index (χ0n) is 12.6. The average molecular weight is 292 g/mol. The van der Waals surface area contributed by atoms with Crippen molar-refractivity contribution in [3.8, 4) is 0 Å². The van der Waals surface area contributed by atoms with E-state index in [9.17, 15) is 9.59 Å². The van der Waals surface area contributed by atoms with Crippen LogP contribution in [-0.2, 0) is 4.74 Å².